The largest absolute Gasteiger partial charge is 0.497 e. The van der Waals surface area contributed by atoms with E-state index in [9.17, 15) is 4.79 Å². The summed E-state index contributed by atoms with van der Waals surface area (Å²) in [6, 6.07) is 8.02. The number of hydrogen-bond acceptors (Lipinski definition) is 4. The van der Waals surface area contributed by atoms with Gasteiger partial charge in [-0.25, -0.2) is 0 Å². The van der Waals surface area contributed by atoms with E-state index in [4.69, 9.17) is 10.5 Å². The number of carbonyl (C=O) groups excluding carboxylic acids is 1. The predicted octanol–water partition coefficient (Wildman–Crippen LogP) is 2.42. The lowest BCUT2D eigenvalue weighted by Gasteiger charge is -2.31. The van der Waals surface area contributed by atoms with Crippen LogP contribution in [0.4, 0.5) is 0 Å². The first-order valence-corrected chi connectivity index (χ1v) is 8.47. The highest BCUT2D eigenvalue weighted by Gasteiger charge is 2.25. The number of nitrogens with two attached hydrogens (primary N) is 1. The van der Waals surface area contributed by atoms with Gasteiger partial charge in [0.15, 0.2) is 0 Å². The summed E-state index contributed by atoms with van der Waals surface area (Å²) in [7, 11) is 1.65. The van der Waals surface area contributed by atoms with Gasteiger partial charge in [0.1, 0.15) is 5.75 Å². The number of amides is 1. The molecule has 0 heterocycles. The van der Waals surface area contributed by atoms with Crippen molar-refractivity contribution in [3.63, 3.8) is 0 Å². The Morgan fingerprint density at radius 3 is 2.71 bits per heavy atom. The molecule has 0 bridgehead atoms. The Labute approximate surface area is 130 Å². The van der Waals surface area contributed by atoms with Crippen LogP contribution in [-0.2, 0) is 4.79 Å². The standard InChI is InChI=1S/C16H24N2O2S/c1-20-13-6-8-14(9-7-13)21-11-16(19)18-15-5-3-2-4-12(15)10-17/h6-9,12,15H,2-5,10-11,17H2,1H3,(H,18,19). The third kappa shape index (κ3) is 4.93. The molecule has 3 N–H and O–H groups in total. The minimum absolute atomic E-state index is 0.0983. The second kappa shape index (κ2) is 8.29. The molecule has 1 amide bonds. The molecule has 0 aliphatic heterocycles. The van der Waals surface area contributed by atoms with Gasteiger partial charge in [-0.05, 0) is 49.6 Å². The molecule has 2 rings (SSSR count). The number of methoxy groups -OCH3 is 1. The van der Waals surface area contributed by atoms with E-state index in [1.165, 1.54) is 12.8 Å². The Morgan fingerprint density at radius 1 is 1.33 bits per heavy atom. The summed E-state index contributed by atoms with van der Waals surface area (Å²) in [5, 5.41) is 3.15. The fourth-order valence-electron chi connectivity index (χ4n) is 2.75. The maximum absolute atomic E-state index is 12.1. The van der Waals surface area contributed by atoms with Crippen LogP contribution in [0.3, 0.4) is 0 Å². The van der Waals surface area contributed by atoms with E-state index in [2.05, 4.69) is 5.32 Å². The van der Waals surface area contributed by atoms with Gasteiger partial charge in [-0.3, -0.25) is 4.79 Å². The van der Waals surface area contributed by atoms with E-state index in [0.29, 0.717) is 18.2 Å². The van der Waals surface area contributed by atoms with Crippen molar-refractivity contribution in [1.82, 2.24) is 5.32 Å². The lowest BCUT2D eigenvalue weighted by Crippen LogP contribution is -2.45. The van der Waals surface area contributed by atoms with Crippen molar-refractivity contribution >= 4 is 17.7 Å². The molecule has 116 valence electrons. The number of benzene rings is 1. The van der Waals surface area contributed by atoms with Crippen molar-refractivity contribution in [3.8, 4) is 5.75 Å². The molecule has 0 aromatic heterocycles. The average Bonchev–Trinajstić information content (AvgIpc) is 2.54. The molecule has 1 saturated carbocycles. The summed E-state index contributed by atoms with van der Waals surface area (Å²) >= 11 is 1.55. The van der Waals surface area contributed by atoms with Crippen molar-refractivity contribution in [2.75, 3.05) is 19.4 Å². The molecule has 5 heteroatoms. The van der Waals surface area contributed by atoms with Gasteiger partial charge in [-0.2, -0.15) is 0 Å². The highest BCUT2D eigenvalue weighted by Crippen LogP contribution is 2.24. The second-order valence-electron chi connectivity index (χ2n) is 5.42. The second-order valence-corrected chi connectivity index (χ2v) is 6.47. The lowest BCUT2D eigenvalue weighted by atomic mass is 9.84. The van der Waals surface area contributed by atoms with Gasteiger partial charge in [0, 0.05) is 10.9 Å². The maximum Gasteiger partial charge on any atom is 0.230 e. The van der Waals surface area contributed by atoms with Crippen molar-refractivity contribution in [2.24, 2.45) is 11.7 Å². The normalized spacial score (nSPS) is 21.8. The van der Waals surface area contributed by atoms with E-state index >= 15 is 0 Å². The maximum atomic E-state index is 12.1. The summed E-state index contributed by atoms with van der Waals surface area (Å²) in [6.45, 7) is 0.663. The van der Waals surface area contributed by atoms with Crippen molar-refractivity contribution < 1.29 is 9.53 Å². The zero-order valence-corrected chi connectivity index (χ0v) is 13.3. The number of carbonyl (C=O) groups is 1. The Balaban J connectivity index is 1.78. The Hall–Kier alpha value is -1.20. The fourth-order valence-corrected chi connectivity index (χ4v) is 3.46. The summed E-state index contributed by atoms with van der Waals surface area (Å²) in [6.07, 6.45) is 4.61. The first-order valence-electron chi connectivity index (χ1n) is 7.49. The van der Waals surface area contributed by atoms with Crippen LogP contribution >= 0.6 is 11.8 Å². The molecule has 2 unspecified atom stereocenters. The third-order valence-electron chi connectivity index (χ3n) is 3.99. The summed E-state index contributed by atoms with van der Waals surface area (Å²) in [4.78, 5) is 13.1. The highest BCUT2D eigenvalue weighted by molar-refractivity contribution is 8.00. The smallest absolute Gasteiger partial charge is 0.230 e. The molecule has 1 aromatic rings. The zero-order chi connectivity index (χ0) is 15.1. The molecular weight excluding hydrogens is 284 g/mol. The number of thioether (sulfide) groups is 1. The van der Waals surface area contributed by atoms with E-state index in [1.54, 1.807) is 18.9 Å². The van der Waals surface area contributed by atoms with Crippen molar-refractivity contribution in [2.45, 2.75) is 36.6 Å². The topological polar surface area (TPSA) is 64.3 Å². The van der Waals surface area contributed by atoms with Gasteiger partial charge in [0.25, 0.3) is 0 Å². The monoisotopic (exact) mass is 308 g/mol. The Bertz CT molecular complexity index is 450. The molecule has 2 atom stereocenters. The molecule has 0 spiro atoms. The predicted molar refractivity (Wildman–Crippen MR) is 86.7 cm³/mol. The summed E-state index contributed by atoms with van der Waals surface area (Å²) in [5.74, 6) is 1.81. The van der Waals surface area contributed by atoms with E-state index in [-0.39, 0.29) is 11.9 Å². The molecular formula is C16H24N2O2S. The van der Waals surface area contributed by atoms with Gasteiger partial charge in [0.2, 0.25) is 5.91 Å². The van der Waals surface area contributed by atoms with Gasteiger partial charge in [-0.15, -0.1) is 11.8 Å². The lowest BCUT2D eigenvalue weighted by molar-refractivity contribution is -0.119. The quantitative estimate of drug-likeness (QED) is 0.792. The van der Waals surface area contributed by atoms with Crippen LogP contribution in [0.2, 0.25) is 0 Å². The fraction of sp³-hybridized carbons (Fsp3) is 0.562. The average molecular weight is 308 g/mol. The van der Waals surface area contributed by atoms with Gasteiger partial charge in [0.05, 0.1) is 12.9 Å². The molecule has 0 radical (unpaired) electrons. The van der Waals surface area contributed by atoms with Crippen LogP contribution in [0.1, 0.15) is 25.7 Å². The van der Waals surface area contributed by atoms with Crippen LogP contribution in [-0.4, -0.2) is 31.4 Å². The number of nitrogens with one attached hydrogen (secondary N) is 1. The summed E-state index contributed by atoms with van der Waals surface area (Å²) in [5.41, 5.74) is 5.79. The number of hydrogen-bond donors (Lipinski definition) is 2. The zero-order valence-electron chi connectivity index (χ0n) is 12.5. The first kappa shape index (κ1) is 16.2. The van der Waals surface area contributed by atoms with Crippen LogP contribution in [0.25, 0.3) is 0 Å². The molecule has 0 saturated heterocycles. The van der Waals surface area contributed by atoms with Crippen LogP contribution in [0.5, 0.6) is 5.75 Å². The Kier molecular flexibility index (Phi) is 6.39. The van der Waals surface area contributed by atoms with Gasteiger partial charge in [-0.1, -0.05) is 12.8 Å². The molecule has 1 aromatic carbocycles. The van der Waals surface area contributed by atoms with E-state index in [1.807, 2.05) is 24.3 Å². The van der Waals surface area contributed by atoms with Crippen molar-refractivity contribution in [1.29, 1.82) is 0 Å². The van der Waals surface area contributed by atoms with Crippen LogP contribution in [0, 0.1) is 5.92 Å². The molecule has 1 fully saturated rings. The first-order chi connectivity index (χ1) is 10.2. The molecule has 21 heavy (non-hydrogen) atoms. The SMILES string of the molecule is COc1ccc(SCC(=O)NC2CCCCC2CN)cc1. The number of rotatable bonds is 6. The van der Waals surface area contributed by atoms with Crippen molar-refractivity contribution in [3.05, 3.63) is 24.3 Å². The minimum atomic E-state index is 0.0983. The third-order valence-corrected chi connectivity index (χ3v) is 5.00. The van der Waals surface area contributed by atoms with Gasteiger partial charge < -0.3 is 15.8 Å². The van der Waals surface area contributed by atoms with E-state index < -0.39 is 0 Å². The molecule has 4 nitrogen and oxygen atoms in total. The molecule has 1 aliphatic rings. The highest BCUT2D eigenvalue weighted by atomic mass is 32.2. The number of ether oxygens (including phenoxy) is 1. The van der Waals surface area contributed by atoms with Crippen LogP contribution < -0.4 is 15.8 Å². The summed E-state index contributed by atoms with van der Waals surface area (Å²) < 4.78 is 5.12. The van der Waals surface area contributed by atoms with Crippen LogP contribution in [0.15, 0.2) is 29.2 Å². The van der Waals surface area contributed by atoms with Gasteiger partial charge >= 0.3 is 0 Å². The minimum Gasteiger partial charge on any atom is -0.497 e. The molecule has 1 aliphatic carbocycles. The Morgan fingerprint density at radius 2 is 2.05 bits per heavy atom. The van der Waals surface area contributed by atoms with E-state index in [0.717, 1.165) is 23.5 Å².